The number of halogens is 1. The summed E-state index contributed by atoms with van der Waals surface area (Å²) in [5, 5.41) is 3.99. The van der Waals surface area contributed by atoms with E-state index in [4.69, 9.17) is 4.74 Å². The second kappa shape index (κ2) is 8.46. The standard InChI is InChI=1S/C16H20N2O4S2.ClH/c1-2-22-16(19)15-9-11-8-13(5-6-14(11)23-15)24(20,21)18-10-12-4-3-7-17-12;/h5-6,8-9,12,17-18H,2-4,7,10H2,1H3;1H. The predicted octanol–water partition coefficient (Wildman–Crippen LogP) is 2.53. The normalized spacial score (nSPS) is 17.4. The number of rotatable bonds is 6. The maximum absolute atomic E-state index is 12.4. The second-order valence-corrected chi connectivity index (χ2v) is 8.53. The smallest absolute Gasteiger partial charge is 0.348 e. The van der Waals surface area contributed by atoms with Crippen LogP contribution in [0, 0.1) is 0 Å². The Balaban J connectivity index is 0.00000225. The van der Waals surface area contributed by atoms with Crippen molar-refractivity contribution in [2.45, 2.75) is 30.7 Å². The van der Waals surface area contributed by atoms with Crippen molar-refractivity contribution in [1.29, 1.82) is 0 Å². The Morgan fingerprint density at radius 3 is 2.88 bits per heavy atom. The van der Waals surface area contributed by atoms with E-state index in [0.29, 0.717) is 18.0 Å². The van der Waals surface area contributed by atoms with E-state index in [1.807, 2.05) is 0 Å². The van der Waals surface area contributed by atoms with Gasteiger partial charge in [-0.15, -0.1) is 23.7 Å². The average Bonchev–Trinajstić information content (AvgIpc) is 3.21. The van der Waals surface area contributed by atoms with Crippen LogP contribution in [0.1, 0.15) is 29.4 Å². The molecule has 1 aromatic heterocycles. The summed E-state index contributed by atoms with van der Waals surface area (Å²) in [6.45, 7) is 3.38. The molecule has 3 rings (SSSR count). The number of nitrogens with one attached hydrogen (secondary N) is 2. The Morgan fingerprint density at radius 1 is 1.40 bits per heavy atom. The molecular formula is C16H21ClN2O4S2. The number of esters is 1. The zero-order chi connectivity index (χ0) is 17.2. The quantitative estimate of drug-likeness (QED) is 0.723. The first kappa shape index (κ1) is 20.1. The van der Waals surface area contributed by atoms with Crippen LogP contribution in [0.5, 0.6) is 0 Å². The fourth-order valence-electron chi connectivity index (χ4n) is 2.72. The van der Waals surface area contributed by atoms with E-state index in [1.165, 1.54) is 11.3 Å². The molecule has 2 N–H and O–H groups in total. The van der Waals surface area contributed by atoms with Gasteiger partial charge in [0.05, 0.1) is 11.5 Å². The Morgan fingerprint density at radius 2 is 2.20 bits per heavy atom. The van der Waals surface area contributed by atoms with Crippen LogP contribution in [-0.4, -0.2) is 40.1 Å². The summed E-state index contributed by atoms with van der Waals surface area (Å²) in [6, 6.07) is 6.76. The summed E-state index contributed by atoms with van der Waals surface area (Å²) in [4.78, 5) is 12.5. The third-order valence-electron chi connectivity index (χ3n) is 3.96. The number of carbonyl (C=O) groups is 1. The zero-order valence-electron chi connectivity index (χ0n) is 13.8. The van der Waals surface area contributed by atoms with Crippen molar-refractivity contribution < 1.29 is 17.9 Å². The SMILES string of the molecule is CCOC(=O)c1cc2cc(S(=O)(=O)NCC3CCCN3)ccc2s1.Cl. The summed E-state index contributed by atoms with van der Waals surface area (Å²) in [6.07, 6.45) is 2.05. The van der Waals surface area contributed by atoms with E-state index in [1.54, 1.807) is 31.2 Å². The van der Waals surface area contributed by atoms with E-state index in [9.17, 15) is 13.2 Å². The minimum atomic E-state index is -3.56. The van der Waals surface area contributed by atoms with Gasteiger partial charge in [-0.1, -0.05) is 0 Å². The van der Waals surface area contributed by atoms with Gasteiger partial charge in [0.1, 0.15) is 4.88 Å². The highest BCUT2D eigenvalue weighted by atomic mass is 35.5. The molecule has 9 heteroatoms. The number of sulfonamides is 1. The van der Waals surface area contributed by atoms with Crippen LogP contribution in [0.2, 0.25) is 0 Å². The van der Waals surface area contributed by atoms with Crippen molar-refractivity contribution in [3.05, 3.63) is 29.1 Å². The van der Waals surface area contributed by atoms with Gasteiger partial charge < -0.3 is 10.1 Å². The van der Waals surface area contributed by atoms with Crippen molar-refractivity contribution >= 4 is 49.8 Å². The first-order valence-corrected chi connectivity index (χ1v) is 10.2. The van der Waals surface area contributed by atoms with Gasteiger partial charge in [-0.2, -0.15) is 0 Å². The molecule has 0 bridgehead atoms. The first-order valence-electron chi connectivity index (χ1n) is 7.93. The van der Waals surface area contributed by atoms with Crippen LogP contribution >= 0.6 is 23.7 Å². The third-order valence-corrected chi connectivity index (χ3v) is 6.47. The fraction of sp³-hybridized carbons (Fsp3) is 0.438. The van der Waals surface area contributed by atoms with E-state index in [-0.39, 0.29) is 29.3 Å². The van der Waals surface area contributed by atoms with E-state index in [2.05, 4.69) is 10.0 Å². The molecule has 0 spiro atoms. The number of hydrogen-bond donors (Lipinski definition) is 2. The van der Waals surface area contributed by atoms with Crippen LogP contribution in [0.4, 0.5) is 0 Å². The van der Waals surface area contributed by atoms with Gasteiger partial charge in [0.2, 0.25) is 10.0 Å². The number of thiophene rings is 1. The number of hydrogen-bond acceptors (Lipinski definition) is 6. The van der Waals surface area contributed by atoms with Gasteiger partial charge in [-0.3, -0.25) is 0 Å². The van der Waals surface area contributed by atoms with Gasteiger partial charge in [-0.05, 0) is 56.0 Å². The molecule has 1 atom stereocenters. The summed E-state index contributed by atoms with van der Waals surface area (Å²) in [7, 11) is -3.56. The molecule has 0 saturated carbocycles. The molecule has 1 aliphatic heterocycles. The minimum absolute atomic E-state index is 0. The van der Waals surface area contributed by atoms with Crippen molar-refractivity contribution in [3.8, 4) is 0 Å². The molecule has 1 unspecified atom stereocenters. The first-order chi connectivity index (χ1) is 11.5. The Kier molecular flexibility index (Phi) is 6.81. The maximum atomic E-state index is 12.4. The third kappa shape index (κ3) is 4.71. The van der Waals surface area contributed by atoms with Crippen molar-refractivity contribution in [1.82, 2.24) is 10.0 Å². The lowest BCUT2D eigenvalue weighted by molar-refractivity contribution is 0.0532. The number of benzene rings is 1. The largest absolute Gasteiger partial charge is 0.462 e. The Hall–Kier alpha value is -1.19. The Labute approximate surface area is 157 Å². The fourth-order valence-corrected chi connectivity index (χ4v) is 4.77. The molecule has 2 heterocycles. The lowest BCUT2D eigenvalue weighted by Crippen LogP contribution is -2.37. The average molecular weight is 405 g/mol. The van der Waals surface area contributed by atoms with Gasteiger partial charge in [0, 0.05) is 17.3 Å². The number of ether oxygens (including phenoxy) is 1. The maximum Gasteiger partial charge on any atom is 0.348 e. The van der Waals surface area contributed by atoms with Crippen LogP contribution < -0.4 is 10.0 Å². The Bertz CT molecular complexity index is 845. The van der Waals surface area contributed by atoms with Gasteiger partial charge in [0.25, 0.3) is 0 Å². The summed E-state index contributed by atoms with van der Waals surface area (Å²) >= 11 is 1.30. The molecule has 25 heavy (non-hydrogen) atoms. The lowest BCUT2D eigenvalue weighted by Gasteiger charge is -2.12. The van der Waals surface area contributed by atoms with Crippen LogP contribution in [0.15, 0.2) is 29.2 Å². The highest BCUT2D eigenvalue weighted by Gasteiger charge is 2.20. The van der Waals surface area contributed by atoms with E-state index < -0.39 is 10.0 Å². The molecular weight excluding hydrogens is 384 g/mol. The van der Waals surface area contributed by atoms with Crippen molar-refractivity contribution in [2.24, 2.45) is 0 Å². The minimum Gasteiger partial charge on any atom is -0.462 e. The van der Waals surface area contributed by atoms with Gasteiger partial charge in [0.15, 0.2) is 0 Å². The summed E-state index contributed by atoms with van der Waals surface area (Å²) in [5.74, 6) is -0.381. The molecule has 1 aliphatic rings. The molecule has 1 fully saturated rings. The second-order valence-electron chi connectivity index (χ2n) is 5.68. The molecule has 138 valence electrons. The monoisotopic (exact) mass is 404 g/mol. The number of carbonyl (C=O) groups excluding carboxylic acids is 1. The summed E-state index contributed by atoms with van der Waals surface area (Å²) in [5.41, 5.74) is 0. The molecule has 0 amide bonds. The van der Waals surface area contributed by atoms with Crippen LogP contribution in [0.3, 0.4) is 0 Å². The molecule has 1 saturated heterocycles. The predicted molar refractivity (Wildman–Crippen MR) is 101 cm³/mol. The zero-order valence-corrected chi connectivity index (χ0v) is 16.2. The van der Waals surface area contributed by atoms with Crippen LogP contribution in [0.25, 0.3) is 10.1 Å². The molecule has 0 radical (unpaired) electrons. The van der Waals surface area contributed by atoms with Gasteiger partial charge in [-0.25, -0.2) is 17.9 Å². The number of fused-ring (bicyclic) bond motifs is 1. The highest BCUT2D eigenvalue weighted by Crippen LogP contribution is 2.28. The van der Waals surface area contributed by atoms with Crippen molar-refractivity contribution in [3.63, 3.8) is 0 Å². The lowest BCUT2D eigenvalue weighted by atomic mass is 10.2. The molecule has 2 aromatic rings. The summed E-state index contributed by atoms with van der Waals surface area (Å²) < 4.78 is 33.4. The van der Waals surface area contributed by atoms with E-state index in [0.717, 1.165) is 29.5 Å². The molecule has 0 aliphatic carbocycles. The topological polar surface area (TPSA) is 84.5 Å². The highest BCUT2D eigenvalue weighted by molar-refractivity contribution is 7.89. The van der Waals surface area contributed by atoms with E-state index >= 15 is 0 Å². The molecule has 6 nitrogen and oxygen atoms in total. The van der Waals surface area contributed by atoms with Crippen molar-refractivity contribution in [2.75, 3.05) is 19.7 Å². The van der Waals surface area contributed by atoms with Crippen LogP contribution in [-0.2, 0) is 14.8 Å². The van der Waals surface area contributed by atoms with Gasteiger partial charge >= 0.3 is 5.97 Å². The molecule has 1 aromatic carbocycles.